The molecule has 19 heavy (non-hydrogen) atoms. The highest BCUT2D eigenvalue weighted by Gasteiger charge is 2.30. The van der Waals surface area contributed by atoms with Crippen LogP contribution in [0.15, 0.2) is 24.3 Å². The van der Waals surface area contributed by atoms with Crippen molar-refractivity contribution in [3.05, 3.63) is 35.4 Å². The molecule has 0 aliphatic carbocycles. The van der Waals surface area contributed by atoms with Crippen LogP contribution in [0.1, 0.15) is 18.1 Å². The molecule has 1 rings (SSSR count). The Balaban J connectivity index is 0.00000324. The number of halogens is 4. The molecule has 0 heterocycles. The maximum Gasteiger partial charge on any atom is 0.416 e. The van der Waals surface area contributed by atoms with Crippen molar-refractivity contribution in [3.8, 4) is 0 Å². The van der Waals surface area contributed by atoms with Crippen LogP contribution in [0.3, 0.4) is 0 Å². The molecule has 0 bridgehead atoms. The molecule has 0 aliphatic heterocycles. The van der Waals surface area contributed by atoms with E-state index in [0.717, 1.165) is 12.1 Å². The minimum atomic E-state index is -4.38. The standard InChI is InChI=1S/C12H15F3N2O.ClH/c1-8(16)11(18)17(2)7-9-4-3-5-10(6-9)12(13,14)15;/h3-6,8H,7,16H2,1-2H3;1H/t8-;/m1./s1. The van der Waals surface area contributed by atoms with Gasteiger partial charge in [0.25, 0.3) is 0 Å². The van der Waals surface area contributed by atoms with Crippen molar-refractivity contribution in [1.82, 2.24) is 4.90 Å². The molecule has 2 N–H and O–H groups in total. The van der Waals surface area contributed by atoms with Crippen molar-refractivity contribution in [2.24, 2.45) is 5.73 Å². The second kappa shape index (κ2) is 6.77. The summed E-state index contributed by atoms with van der Waals surface area (Å²) in [6.45, 7) is 1.63. The summed E-state index contributed by atoms with van der Waals surface area (Å²) in [6, 6.07) is 4.23. The van der Waals surface area contributed by atoms with E-state index < -0.39 is 17.8 Å². The zero-order valence-electron chi connectivity index (χ0n) is 10.6. The molecule has 108 valence electrons. The van der Waals surface area contributed by atoms with Gasteiger partial charge < -0.3 is 10.6 Å². The summed E-state index contributed by atoms with van der Waals surface area (Å²) >= 11 is 0. The van der Waals surface area contributed by atoms with E-state index in [2.05, 4.69) is 0 Å². The van der Waals surface area contributed by atoms with Gasteiger partial charge in [-0.05, 0) is 24.6 Å². The molecule has 0 fully saturated rings. The molecule has 0 spiro atoms. The van der Waals surface area contributed by atoms with Crippen molar-refractivity contribution >= 4 is 18.3 Å². The summed E-state index contributed by atoms with van der Waals surface area (Å²) in [4.78, 5) is 12.8. The number of benzene rings is 1. The lowest BCUT2D eigenvalue weighted by molar-refractivity contribution is -0.137. The highest BCUT2D eigenvalue weighted by molar-refractivity contribution is 5.85. The van der Waals surface area contributed by atoms with Crippen molar-refractivity contribution < 1.29 is 18.0 Å². The Morgan fingerprint density at radius 3 is 2.47 bits per heavy atom. The van der Waals surface area contributed by atoms with E-state index in [1.54, 1.807) is 6.07 Å². The molecule has 1 atom stereocenters. The lowest BCUT2D eigenvalue weighted by Crippen LogP contribution is -2.39. The fraction of sp³-hybridized carbons (Fsp3) is 0.417. The molecule has 0 aromatic heterocycles. The molecule has 1 amide bonds. The topological polar surface area (TPSA) is 46.3 Å². The Kier molecular flexibility index (Phi) is 6.32. The number of nitrogens with zero attached hydrogens (tertiary/aromatic N) is 1. The first-order valence-corrected chi connectivity index (χ1v) is 5.38. The number of likely N-dealkylation sites (N-methyl/N-ethyl adjacent to an activating group) is 1. The summed E-state index contributed by atoms with van der Waals surface area (Å²) in [5.41, 5.74) is 5.12. The van der Waals surface area contributed by atoms with Crippen molar-refractivity contribution in [2.45, 2.75) is 25.7 Å². The van der Waals surface area contributed by atoms with Crippen molar-refractivity contribution in [3.63, 3.8) is 0 Å². The molecule has 0 unspecified atom stereocenters. The average molecular weight is 297 g/mol. The van der Waals surface area contributed by atoms with Crippen LogP contribution in [0.4, 0.5) is 13.2 Å². The highest BCUT2D eigenvalue weighted by Crippen LogP contribution is 2.29. The summed E-state index contributed by atoms with van der Waals surface area (Å²) in [7, 11) is 1.51. The van der Waals surface area contributed by atoms with E-state index >= 15 is 0 Å². The maximum atomic E-state index is 12.5. The number of hydrogen-bond acceptors (Lipinski definition) is 2. The summed E-state index contributed by atoms with van der Waals surface area (Å²) in [6.07, 6.45) is -4.38. The molecule has 0 radical (unpaired) electrons. The van der Waals surface area contributed by atoms with Gasteiger partial charge in [0.2, 0.25) is 5.91 Å². The lowest BCUT2D eigenvalue weighted by atomic mass is 10.1. The lowest BCUT2D eigenvalue weighted by Gasteiger charge is -2.19. The minimum Gasteiger partial charge on any atom is -0.340 e. The molecular weight excluding hydrogens is 281 g/mol. The largest absolute Gasteiger partial charge is 0.416 e. The molecule has 0 saturated carbocycles. The number of rotatable bonds is 3. The Bertz CT molecular complexity index is 435. The predicted octanol–water partition coefficient (Wildman–Crippen LogP) is 2.43. The first-order valence-electron chi connectivity index (χ1n) is 5.38. The number of nitrogens with two attached hydrogens (primary N) is 1. The van der Waals surface area contributed by atoms with Gasteiger partial charge in [0, 0.05) is 13.6 Å². The zero-order chi connectivity index (χ0) is 13.9. The molecule has 0 aliphatic rings. The monoisotopic (exact) mass is 296 g/mol. The predicted molar refractivity (Wildman–Crippen MR) is 68.8 cm³/mol. The SMILES string of the molecule is C[C@@H](N)C(=O)N(C)Cc1cccc(C(F)(F)F)c1.Cl. The minimum absolute atomic E-state index is 0. The van der Waals surface area contributed by atoms with E-state index in [4.69, 9.17) is 5.73 Å². The molecule has 7 heteroatoms. The van der Waals surface area contributed by atoms with E-state index in [0.29, 0.717) is 5.56 Å². The van der Waals surface area contributed by atoms with Gasteiger partial charge in [-0.3, -0.25) is 4.79 Å². The highest BCUT2D eigenvalue weighted by atomic mass is 35.5. The Morgan fingerprint density at radius 2 is 2.00 bits per heavy atom. The van der Waals surface area contributed by atoms with Gasteiger partial charge in [-0.25, -0.2) is 0 Å². The van der Waals surface area contributed by atoms with Crippen molar-refractivity contribution in [1.29, 1.82) is 0 Å². The van der Waals surface area contributed by atoms with Gasteiger partial charge in [-0.15, -0.1) is 12.4 Å². The van der Waals surface area contributed by atoms with Crippen molar-refractivity contribution in [2.75, 3.05) is 7.05 Å². The average Bonchev–Trinajstić information content (AvgIpc) is 2.27. The third-order valence-corrected chi connectivity index (χ3v) is 2.44. The van der Waals surface area contributed by atoms with E-state index in [9.17, 15) is 18.0 Å². The smallest absolute Gasteiger partial charge is 0.340 e. The normalized spacial score (nSPS) is 12.5. The summed E-state index contributed by atoms with van der Waals surface area (Å²) in [5, 5.41) is 0. The third kappa shape index (κ3) is 5.08. The molecule has 0 saturated heterocycles. The van der Waals surface area contributed by atoms with Crippen LogP contribution < -0.4 is 5.73 Å². The number of amides is 1. The van der Waals surface area contributed by atoms with Gasteiger partial charge >= 0.3 is 6.18 Å². The van der Waals surface area contributed by atoms with Crippen LogP contribution in [-0.2, 0) is 17.5 Å². The molecular formula is C12H16ClF3N2O. The maximum absolute atomic E-state index is 12.5. The second-order valence-corrected chi connectivity index (χ2v) is 4.18. The number of carbonyl (C=O) groups excluding carboxylic acids is 1. The van der Waals surface area contributed by atoms with Gasteiger partial charge in [-0.2, -0.15) is 13.2 Å². The zero-order valence-corrected chi connectivity index (χ0v) is 11.4. The van der Waals surface area contributed by atoms with Crippen LogP contribution in [0.2, 0.25) is 0 Å². The van der Waals surface area contributed by atoms with Gasteiger partial charge in [0.05, 0.1) is 11.6 Å². The van der Waals surface area contributed by atoms with E-state index in [-0.39, 0.29) is 24.9 Å². The Hall–Kier alpha value is -1.27. The van der Waals surface area contributed by atoms with Crippen LogP contribution in [-0.4, -0.2) is 23.9 Å². The molecule has 1 aromatic carbocycles. The van der Waals surface area contributed by atoms with Crippen LogP contribution in [0.5, 0.6) is 0 Å². The molecule has 1 aromatic rings. The van der Waals surface area contributed by atoms with Crippen LogP contribution in [0, 0.1) is 0 Å². The van der Waals surface area contributed by atoms with Crippen LogP contribution >= 0.6 is 12.4 Å². The first kappa shape index (κ1) is 17.7. The number of hydrogen-bond donors (Lipinski definition) is 1. The molecule has 3 nitrogen and oxygen atoms in total. The van der Waals surface area contributed by atoms with Gasteiger partial charge in [0.1, 0.15) is 0 Å². The fourth-order valence-electron chi connectivity index (χ4n) is 1.55. The quantitative estimate of drug-likeness (QED) is 0.931. The Morgan fingerprint density at radius 1 is 1.42 bits per heavy atom. The van der Waals surface area contributed by atoms with E-state index in [1.807, 2.05) is 0 Å². The second-order valence-electron chi connectivity index (χ2n) is 4.18. The Labute approximate surface area is 116 Å². The first-order chi connectivity index (χ1) is 8.21. The summed E-state index contributed by atoms with van der Waals surface area (Å²) in [5.74, 6) is -0.313. The van der Waals surface area contributed by atoms with Gasteiger partial charge in [-0.1, -0.05) is 12.1 Å². The van der Waals surface area contributed by atoms with Crippen LogP contribution in [0.25, 0.3) is 0 Å². The number of alkyl halides is 3. The number of carbonyl (C=O) groups is 1. The summed E-state index contributed by atoms with van der Waals surface area (Å²) < 4.78 is 37.5. The van der Waals surface area contributed by atoms with Gasteiger partial charge in [0.15, 0.2) is 0 Å². The fourth-order valence-corrected chi connectivity index (χ4v) is 1.55. The third-order valence-electron chi connectivity index (χ3n) is 2.44. The van der Waals surface area contributed by atoms with E-state index in [1.165, 1.54) is 24.9 Å².